The van der Waals surface area contributed by atoms with E-state index < -0.39 is 0 Å². The monoisotopic (exact) mass is 267 g/mol. The van der Waals surface area contributed by atoms with Gasteiger partial charge in [-0.15, -0.1) is 0 Å². The summed E-state index contributed by atoms with van der Waals surface area (Å²) in [6, 6.07) is 5.86. The first-order valence-corrected chi connectivity index (χ1v) is 6.01. The van der Waals surface area contributed by atoms with E-state index in [1.165, 1.54) is 0 Å². The van der Waals surface area contributed by atoms with Gasteiger partial charge in [-0.2, -0.15) is 0 Å². The molecule has 0 saturated heterocycles. The smallest absolute Gasteiger partial charge is 0.161 e. The summed E-state index contributed by atoms with van der Waals surface area (Å²) in [7, 11) is 3.21. The number of benzene rings is 1. The number of nitrogens with zero attached hydrogens (tertiary/aromatic N) is 1. The fourth-order valence-electron chi connectivity index (χ4n) is 1.71. The normalized spacial score (nSPS) is 13.1. The highest BCUT2D eigenvalue weighted by Crippen LogP contribution is 2.27. The van der Waals surface area contributed by atoms with Crippen LogP contribution in [0.3, 0.4) is 0 Å². The second-order valence-corrected chi connectivity index (χ2v) is 4.27. The summed E-state index contributed by atoms with van der Waals surface area (Å²) in [6.45, 7) is 2.64. The van der Waals surface area contributed by atoms with Crippen LogP contribution in [0, 0.1) is 0 Å². The molecule has 0 aliphatic heterocycles. The van der Waals surface area contributed by atoms with Crippen LogP contribution in [0.25, 0.3) is 0 Å². The van der Waals surface area contributed by atoms with Gasteiger partial charge in [0.15, 0.2) is 11.5 Å². The Bertz CT molecular complexity index is 435. The maximum Gasteiger partial charge on any atom is 0.161 e. The molecule has 0 fully saturated rings. The van der Waals surface area contributed by atoms with E-state index in [2.05, 4.69) is 10.5 Å². The van der Waals surface area contributed by atoms with E-state index in [4.69, 9.17) is 20.4 Å². The van der Waals surface area contributed by atoms with Crippen LogP contribution in [0.5, 0.6) is 11.5 Å². The molecule has 0 heterocycles. The topological polar surface area (TPSA) is 89.1 Å². The summed E-state index contributed by atoms with van der Waals surface area (Å²) in [6.07, 6.45) is 0.490. The van der Waals surface area contributed by atoms with Crippen LogP contribution in [0.15, 0.2) is 23.4 Å². The first-order chi connectivity index (χ1) is 9.10. The van der Waals surface area contributed by atoms with Gasteiger partial charge in [0, 0.05) is 19.0 Å². The highest BCUT2D eigenvalue weighted by atomic mass is 16.5. The first-order valence-electron chi connectivity index (χ1n) is 6.01. The lowest BCUT2D eigenvalue weighted by molar-refractivity contribution is 0.316. The van der Waals surface area contributed by atoms with E-state index in [1.807, 2.05) is 25.1 Å². The average Bonchev–Trinajstić information content (AvgIpc) is 2.44. The Morgan fingerprint density at radius 3 is 2.63 bits per heavy atom. The van der Waals surface area contributed by atoms with Crippen molar-refractivity contribution in [3.63, 3.8) is 0 Å². The van der Waals surface area contributed by atoms with Crippen molar-refractivity contribution in [3.05, 3.63) is 23.8 Å². The molecule has 0 bridgehead atoms. The largest absolute Gasteiger partial charge is 0.493 e. The Morgan fingerprint density at radius 1 is 1.37 bits per heavy atom. The number of nitrogens with one attached hydrogen (secondary N) is 1. The van der Waals surface area contributed by atoms with Gasteiger partial charge in [0.1, 0.15) is 5.84 Å². The molecule has 19 heavy (non-hydrogen) atoms. The molecule has 0 saturated carbocycles. The van der Waals surface area contributed by atoms with E-state index in [9.17, 15) is 0 Å². The second kappa shape index (κ2) is 7.48. The molecule has 6 nitrogen and oxygen atoms in total. The minimum absolute atomic E-state index is 0.115. The molecule has 0 radical (unpaired) electrons. The van der Waals surface area contributed by atoms with Crippen LogP contribution in [0.1, 0.15) is 18.9 Å². The van der Waals surface area contributed by atoms with Gasteiger partial charge >= 0.3 is 0 Å². The standard InChI is InChI=1S/C13H21N3O3/c1-9(6-13(14)16-17)15-8-10-4-5-11(18-2)12(7-10)19-3/h4-5,7,9,15,17H,6,8H2,1-3H3,(H2,14,16). The molecule has 1 aromatic rings. The Hall–Kier alpha value is -1.95. The van der Waals surface area contributed by atoms with Crippen LogP contribution in [0.2, 0.25) is 0 Å². The zero-order valence-corrected chi connectivity index (χ0v) is 11.5. The summed E-state index contributed by atoms with van der Waals surface area (Å²) in [5.74, 6) is 1.62. The SMILES string of the molecule is COc1ccc(CNC(C)CC(N)=NO)cc1OC. The number of amidine groups is 1. The number of rotatable bonds is 7. The maximum absolute atomic E-state index is 8.50. The predicted octanol–water partition coefficient (Wildman–Crippen LogP) is 1.32. The number of hydrogen-bond donors (Lipinski definition) is 3. The molecule has 0 aliphatic carbocycles. The Morgan fingerprint density at radius 2 is 2.05 bits per heavy atom. The van der Waals surface area contributed by atoms with Crippen molar-refractivity contribution in [1.29, 1.82) is 0 Å². The lowest BCUT2D eigenvalue weighted by atomic mass is 10.1. The van der Waals surface area contributed by atoms with Crippen LogP contribution < -0.4 is 20.5 Å². The van der Waals surface area contributed by atoms with Gasteiger partial charge in [-0.1, -0.05) is 11.2 Å². The first kappa shape index (κ1) is 15.1. The molecule has 0 aromatic heterocycles. The third-order valence-corrected chi connectivity index (χ3v) is 2.75. The molecule has 106 valence electrons. The van der Waals surface area contributed by atoms with Gasteiger partial charge in [-0.3, -0.25) is 0 Å². The van der Waals surface area contributed by atoms with Gasteiger partial charge in [0.25, 0.3) is 0 Å². The van der Waals surface area contributed by atoms with Gasteiger partial charge in [0.05, 0.1) is 14.2 Å². The Kier molecular flexibility index (Phi) is 5.95. The molecular formula is C13H21N3O3. The number of ether oxygens (including phenoxy) is 2. The average molecular weight is 267 g/mol. The van der Waals surface area contributed by atoms with Crippen molar-refractivity contribution in [3.8, 4) is 11.5 Å². The number of hydrogen-bond acceptors (Lipinski definition) is 5. The molecule has 6 heteroatoms. The summed E-state index contributed by atoms with van der Waals surface area (Å²) in [5, 5.41) is 14.7. The molecule has 1 aromatic carbocycles. The summed E-state index contributed by atoms with van der Waals surface area (Å²) in [4.78, 5) is 0. The van der Waals surface area contributed by atoms with Gasteiger partial charge in [0.2, 0.25) is 0 Å². The van der Waals surface area contributed by atoms with Crippen LogP contribution in [0.4, 0.5) is 0 Å². The lowest BCUT2D eigenvalue weighted by Gasteiger charge is -2.14. The number of methoxy groups -OCH3 is 2. The van der Waals surface area contributed by atoms with Gasteiger partial charge in [-0.25, -0.2) is 0 Å². The van der Waals surface area contributed by atoms with Crippen LogP contribution in [-0.4, -0.2) is 31.3 Å². The van der Waals surface area contributed by atoms with Crippen molar-refractivity contribution < 1.29 is 14.7 Å². The molecule has 0 spiro atoms. The highest BCUT2D eigenvalue weighted by Gasteiger charge is 2.07. The Labute approximate surface area is 113 Å². The quantitative estimate of drug-likeness (QED) is 0.300. The summed E-state index contributed by atoms with van der Waals surface area (Å²) in [5.41, 5.74) is 6.52. The van der Waals surface area contributed by atoms with Crippen molar-refractivity contribution in [2.75, 3.05) is 14.2 Å². The minimum atomic E-state index is 0.115. The molecular weight excluding hydrogens is 246 g/mol. The van der Waals surface area contributed by atoms with Gasteiger partial charge < -0.3 is 25.7 Å². The Balaban J connectivity index is 2.58. The molecule has 1 rings (SSSR count). The third kappa shape index (κ3) is 4.67. The highest BCUT2D eigenvalue weighted by molar-refractivity contribution is 5.80. The molecule has 1 unspecified atom stereocenters. The fourth-order valence-corrected chi connectivity index (χ4v) is 1.71. The van der Waals surface area contributed by atoms with Crippen molar-refractivity contribution in [2.45, 2.75) is 25.9 Å². The summed E-state index contributed by atoms with van der Waals surface area (Å²) < 4.78 is 10.4. The molecule has 1 atom stereocenters. The van der Waals surface area contributed by atoms with E-state index in [0.29, 0.717) is 24.5 Å². The zero-order valence-electron chi connectivity index (χ0n) is 11.5. The van der Waals surface area contributed by atoms with E-state index in [1.54, 1.807) is 14.2 Å². The van der Waals surface area contributed by atoms with Crippen molar-refractivity contribution in [1.82, 2.24) is 5.32 Å². The van der Waals surface area contributed by atoms with Crippen LogP contribution in [-0.2, 0) is 6.54 Å². The van der Waals surface area contributed by atoms with Crippen LogP contribution >= 0.6 is 0 Å². The second-order valence-electron chi connectivity index (χ2n) is 4.27. The van der Waals surface area contributed by atoms with E-state index >= 15 is 0 Å². The maximum atomic E-state index is 8.50. The van der Waals surface area contributed by atoms with Crippen molar-refractivity contribution >= 4 is 5.84 Å². The fraction of sp³-hybridized carbons (Fsp3) is 0.462. The zero-order chi connectivity index (χ0) is 14.3. The van der Waals surface area contributed by atoms with Crippen molar-refractivity contribution in [2.24, 2.45) is 10.9 Å². The predicted molar refractivity (Wildman–Crippen MR) is 73.9 cm³/mol. The summed E-state index contributed by atoms with van der Waals surface area (Å²) >= 11 is 0. The molecule has 0 aliphatic rings. The van der Waals surface area contributed by atoms with E-state index in [-0.39, 0.29) is 11.9 Å². The van der Waals surface area contributed by atoms with Gasteiger partial charge in [-0.05, 0) is 24.6 Å². The lowest BCUT2D eigenvalue weighted by Crippen LogP contribution is -2.30. The number of oxime groups is 1. The van der Waals surface area contributed by atoms with E-state index in [0.717, 1.165) is 5.56 Å². The minimum Gasteiger partial charge on any atom is -0.493 e. The third-order valence-electron chi connectivity index (χ3n) is 2.75. The number of nitrogens with two attached hydrogens (primary N) is 1. The molecule has 0 amide bonds. The molecule has 4 N–H and O–H groups in total.